The molecule has 2 rings (SSSR count). The zero-order valence-corrected chi connectivity index (χ0v) is 8.21. The van der Waals surface area contributed by atoms with Crippen LogP contribution < -0.4 is 4.90 Å². The van der Waals surface area contributed by atoms with Gasteiger partial charge in [0, 0.05) is 25.7 Å². The number of hydrogen-bond donors (Lipinski definition) is 0. The highest BCUT2D eigenvalue weighted by Gasteiger charge is 2.08. The lowest BCUT2D eigenvalue weighted by Crippen LogP contribution is -2.08. The van der Waals surface area contributed by atoms with Crippen LogP contribution in [0.1, 0.15) is 0 Å². The average molecular weight is 195 g/mol. The number of rotatable bonds is 2. The molecule has 0 aromatic carbocycles. The Kier molecular flexibility index (Phi) is 2.02. The van der Waals surface area contributed by atoms with Crippen molar-refractivity contribution in [3.63, 3.8) is 0 Å². The second kappa shape index (κ2) is 3.18. The van der Waals surface area contributed by atoms with Crippen molar-refractivity contribution in [2.45, 2.75) is 0 Å². The van der Waals surface area contributed by atoms with Crippen molar-refractivity contribution < 1.29 is 4.42 Å². The maximum atomic E-state index is 5.23. The van der Waals surface area contributed by atoms with Crippen molar-refractivity contribution in [2.75, 3.05) is 19.0 Å². The fourth-order valence-electron chi connectivity index (χ4n) is 0.918. The quantitative estimate of drug-likeness (QED) is 0.733. The Morgan fingerprint density at radius 1 is 1.46 bits per heavy atom. The van der Waals surface area contributed by atoms with E-state index in [1.807, 2.05) is 24.4 Å². The van der Waals surface area contributed by atoms with Gasteiger partial charge < -0.3 is 9.32 Å². The molecule has 0 radical (unpaired) electrons. The van der Waals surface area contributed by atoms with Crippen molar-refractivity contribution in [1.82, 2.24) is 9.97 Å². The van der Waals surface area contributed by atoms with E-state index in [0.29, 0.717) is 6.01 Å². The number of aromatic nitrogens is 2. The second-order valence-electron chi connectivity index (χ2n) is 2.75. The third-order valence-electron chi connectivity index (χ3n) is 1.53. The minimum atomic E-state index is 0.602. The second-order valence-corrected chi connectivity index (χ2v) is 3.64. The molecule has 5 heteroatoms. The SMILES string of the molecule is CN(C)c1nc(-c2nccs2)co1. The monoisotopic (exact) mass is 195 g/mol. The summed E-state index contributed by atoms with van der Waals surface area (Å²) < 4.78 is 5.23. The predicted octanol–water partition coefficient (Wildman–Crippen LogP) is 1.86. The van der Waals surface area contributed by atoms with Gasteiger partial charge in [0.1, 0.15) is 17.0 Å². The molecule has 13 heavy (non-hydrogen) atoms. The Hall–Kier alpha value is -1.36. The predicted molar refractivity (Wildman–Crippen MR) is 51.9 cm³/mol. The summed E-state index contributed by atoms with van der Waals surface area (Å²) >= 11 is 1.55. The normalized spacial score (nSPS) is 10.3. The minimum Gasteiger partial charge on any atom is -0.431 e. The van der Waals surface area contributed by atoms with Gasteiger partial charge in [-0.1, -0.05) is 0 Å². The van der Waals surface area contributed by atoms with E-state index in [1.165, 1.54) is 0 Å². The van der Waals surface area contributed by atoms with Gasteiger partial charge in [0.15, 0.2) is 0 Å². The Morgan fingerprint density at radius 2 is 2.31 bits per heavy atom. The highest BCUT2D eigenvalue weighted by Crippen LogP contribution is 2.23. The molecule has 0 N–H and O–H groups in total. The molecule has 0 aliphatic heterocycles. The smallest absolute Gasteiger partial charge is 0.297 e. The maximum absolute atomic E-state index is 5.23. The molecule has 0 saturated carbocycles. The molecule has 0 aliphatic rings. The lowest BCUT2D eigenvalue weighted by Gasteiger charge is -2.03. The van der Waals surface area contributed by atoms with Crippen LogP contribution in [0.15, 0.2) is 22.3 Å². The molecule has 0 aliphatic carbocycles. The van der Waals surface area contributed by atoms with Gasteiger partial charge in [0.05, 0.1) is 0 Å². The van der Waals surface area contributed by atoms with Crippen LogP contribution in [0.5, 0.6) is 0 Å². The summed E-state index contributed by atoms with van der Waals surface area (Å²) in [7, 11) is 3.77. The number of nitrogens with zero attached hydrogens (tertiary/aromatic N) is 3. The summed E-state index contributed by atoms with van der Waals surface area (Å²) in [6, 6.07) is 0.602. The zero-order valence-electron chi connectivity index (χ0n) is 7.39. The number of thiazole rings is 1. The zero-order chi connectivity index (χ0) is 9.26. The largest absolute Gasteiger partial charge is 0.431 e. The molecule has 0 bridgehead atoms. The van der Waals surface area contributed by atoms with Crippen molar-refractivity contribution >= 4 is 17.4 Å². The van der Waals surface area contributed by atoms with Crippen molar-refractivity contribution in [1.29, 1.82) is 0 Å². The first kappa shape index (κ1) is 8.25. The molecule has 0 unspecified atom stereocenters. The summed E-state index contributed by atoms with van der Waals surface area (Å²) in [5.41, 5.74) is 0.790. The molecule has 0 spiro atoms. The van der Waals surface area contributed by atoms with Crippen LogP contribution in [0, 0.1) is 0 Å². The standard InChI is InChI=1S/C8H9N3OS/c1-11(2)8-10-6(5-12-8)7-9-3-4-13-7/h3-5H,1-2H3. The number of oxazole rings is 1. The molecule has 2 aromatic heterocycles. The first-order chi connectivity index (χ1) is 6.27. The summed E-state index contributed by atoms with van der Waals surface area (Å²) in [5.74, 6) is 0. The van der Waals surface area contributed by atoms with Gasteiger partial charge in [0.2, 0.25) is 0 Å². The van der Waals surface area contributed by atoms with Gasteiger partial charge >= 0.3 is 0 Å². The van der Waals surface area contributed by atoms with Crippen LogP contribution in [-0.4, -0.2) is 24.1 Å². The van der Waals surface area contributed by atoms with Crippen molar-refractivity contribution in [3.8, 4) is 10.7 Å². The van der Waals surface area contributed by atoms with E-state index in [1.54, 1.807) is 23.8 Å². The van der Waals surface area contributed by atoms with Crippen LogP contribution in [0.2, 0.25) is 0 Å². The van der Waals surface area contributed by atoms with Crippen LogP contribution in [0.25, 0.3) is 10.7 Å². The maximum Gasteiger partial charge on any atom is 0.297 e. The van der Waals surface area contributed by atoms with Crippen LogP contribution >= 0.6 is 11.3 Å². The minimum absolute atomic E-state index is 0.602. The molecule has 2 heterocycles. The topological polar surface area (TPSA) is 42.2 Å². The van der Waals surface area contributed by atoms with Gasteiger partial charge in [-0.05, 0) is 0 Å². The first-order valence-corrected chi connectivity index (χ1v) is 4.68. The van der Waals surface area contributed by atoms with Crippen LogP contribution in [0.4, 0.5) is 6.01 Å². The third kappa shape index (κ3) is 1.55. The Labute approximate surface area is 79.9 Å². The molecular weight excluding hydrogens is 186 g/mol. The molecule has 68 valence electrons. The number of anilines is 1. The Balaban J connectivity index is 2.33. The lowest BCUT2D eigenvalue weighted by atomic mass is 10.5. The van der Waals surface area contributed by atoms with Gasteiger partial charge in [-0.25, -0.2) is 4.98 Å². The molecule has 0 fully saturated rings. The fraction of sp³-hybridized carbons (Fsp3) is 0.250. The summed E-state index contributed by atoms with van der Waals surface area (Å²) in [5, 5.41) is 2.80. The van der Waals surface area contributed by atoms with Crippen LogP contribution in [0.3, 0.4) is 0 Å². The van der Waals surface area contributed by atoms with Gasteiger partial charge in [-0.3, -0.25) is 0 Å². The summed E-state index contributed by atoms with van der Waals surface area (Å²) in [6.45, 7) is 0. The van der Waals surface area contributed by atoms with Gasteiger partial charge in [-0.15, -0.1) is 11.3 Å². The Bertz CT molecular complexity index is 380. The summed E-state index contributed by atoms with van der Waals surface area (Å²) in [6.07, 6.45) is 3.37. The Morgan fingerprint density at radius 3 is 2.85 bits per heavy atom. The third-order valence-corrected chi connectivity index (χ3v) is 2.32. The van der Waals surface area contributed by atoms with Gasteiger partial charge in [0.25, 0.3) is 6.01 Å². The molecule has 0 amide bonds. The van der Waals surface area contributed by atoms with Crippen molar-refractivity contribution in [2.24, 2.45) is 0 Å². The molecular formula is C8H9N3OS. The van der Waals surface area contributed by atoms with E-state index in [-0.39, 0.29) is 0 Å². The van der Waals surface area contributed by atoms with Crippen LogP contribution in [-0.2, 0) is 0 Å². The average Bonchev–Trinajstić information content (AvgIpc) is 2.75. The molecule has 0 saturated heterocycles. The van der Waals surface area contributed by atoms with Crippen molar-refractivity contribution in [3.05, 3.63) is 17.8 Å². The number of hydrogen-bond acceptors (Lipinski definition) is 5. The molecule has 0 atom stereocenters. The fourth-order valence-corrected chi connectivity index (χ4v) is 1.50. The van der Waals surface area contributed by atoms with Gasteiger partial charge in [-0.2, -0.15) is 4.98 Å². The van der Waals surface area contributed by atoms with E-state index in [4.69, 9.17) is 4.42 Å². The molecule has 2 aromatic rings. The van der Waals surface area contributed by atoms with E-state index < -0.39 is 0 Å². The van der Waals surface area contributed by atoms with E-state index in [9.17, 15) is 0 Å². The lowest BCUT2D eigenvalue weighted by molar-refractivity contribution is 0.556. The molecule has 4 nitrogen and oxygen atoms in total. The van der Waals surface area contributed by atoms with E-state index in [2.05, 4.69) is 9.97 Å². The van der Waals surface area contributed by atoms with E-state index in [0.717, 1.165) is 10.7 Å². The summed E-state index contributed by atoms with van der Waals surface area (Å²) in [4.78, 5) is 10.2. The van der Waals surface area contributed by atoms with E-state index >= 15 is 0 Å². The highest BCUT2D eigenvalue weighted by atomic mass is 32.1. The first-order valence-electron chi connectivity index (χ1n) is 3.80. The highest BCUT2D eigenvalue weighted by molar-refractivity contribution is 7.13.